The third-order valence-electron chi connectivity index (χ3n) is 4.22. The van der Waals surface area contributed by atoms with Gasteiger partial charge >= 0.3 is 0 Å². The molecule has 0 unspecified atom stereocenters. The number of hydrogen-bond donors (Lipinski definition) is 1. The van der Waals surface area contributed by atoms with Crippen LogP contribution in [0.25, 0.3) is 0 Å². The van der Waals surface area contributed by atoms with Gasteiger partial charge in [-0.25, -0.2) is 0 Å². The highest BCUT2D eigenvalue weighted by Crippen LogP contribution is 2.36. The number of H-pyrrole nitrogens is 1. The maximum absolute atomic E-state index is 4.11. The van der Waals surface area contributed by atoms with Crippen molar-refractivity contribution >= 4 is 0 Å². The SMILES string of the molecule is c1cc([C@H]2CCCCN2C2CCCC2)[nH]n1. The highest BCUT2D eigenvalue weighted by molar-refractivity contribution is 5.07. The van der Waals surface area contributed by atoms with Crippen LogP contribution in [0, 0.1) is 0 Å². The molecule has 3 heteroatoms. The normalized spacial score (nSPS) is 28.6. The first-order chi connectivity index (χ1) is 7.95. The summed E-state index contributed by atoms with van der Waals surface area (Å²) < 4.78 is 0. The van der Waals surface area contributed by atoms with Gasteiger partial charge in [-0.05, 0) is 38.3 Å². The van der Waals surface area contributed by atoms with Crippen molar-refractivity contribution in [3.05, 3.63) is 18.0 Å². The molecule has 16 heavy (non-hydrogen) atoms. The Morgan fingerprint density at radius 2 is 1.94 bits per heavy atom. The van der Waals surface area contributed by atoms with Crippen LogP contribution in [0.2, 0.25) is 0 Å². The van der Waals surface area contributed by atoms with Crippen molar-refractivity contribution < 1.29 is 0 Å². The molecule has 1 aromatic heterocycles. The molecule has 1 aliphatic heterocycles. The van der Waals surface area contributed by atoms with E-state index in [4.69, 9.17) is 0 Å². The molecule has 0 bridgehead atoms. The van der Waals surface area contributed by atoms with Crippen LogP contribution in [0.3, 0.4) is 0 Å². The Hall–Kier alpha value is -0.830. The number of aromatic amines is 1. The Labute approximate surface area is 97.2 Å². The molecule has 3 nitrogen and oxygen atoms in total. The van der Waals surface area contributed by atoms with Crippen LogP contribution >= 0.6 is 0 Å². The van der Waals surface area contributed by atoms with Crippen LogP contribution in [-0.4, -0.2) is 27.7 Å². The van der Waals surface area contributed by atoms with Crippen LogP contribution in [0.5, 0.6) is 0 Å². The van der Waals surface area contributed by atoms with Gasteiger partial charge in [-0.3, -0.25) is 10.00 Å². The molecule has 2 aliphatic rings. The molecule has 1 aliphatic carbocycles. The predicted molar refractivity (Wildman–Crippen MR) is 64.1 cm³/mol. The van der Waals surface area contributed by atoms with Gasteiger partial charge in [0.2, 0.25) is 0 Å². The molecule has 88 valence electrons. The first-order valence-electron chi connectivity index (χ1n) is 6.70. The minimum absolute atomic E-state index is 0.611. The Morgan fingerprint density at radius 3 is 2.69 bits per heavy atom. The fourth-order valence-corrected chi connectivity index (χ4v) is 3.41. The molecule has 3 rings (SSSR count). The Kier molecular flexibility index (Phi) is 2.96. The predicted octanol–water partition coefficient (Wildman–Crippen LogP) is 2.88. The average molecular weight is 219 g/mol. The lowest BCUT2D eigenvalue weighted by Gasteiger charge is -2.39. The van der Waals surface area contributed by atoms with Crippen molar-refractivity contribution in [2.45, 2.75) is 57.0 Å². The highest BCUT2D eigenvalue weighted by Gasteiger charge is 2.31. The van der Waals surface area contributed by atoms with Gasteiger partial charge in [0.1, 0.15) is 0 Å². The fraction of sp³-hybridized carbons (Fsp3) is 0.769. The monoisotopic (exact) mass is 219 g/mol. The summed E-state index contributed by atoms with van der Waals surface area (Å²) >= 11 is 0. The van der Waals surface area contributed by atoms with Gasteiger partial charge in [-0.15, -0.1) is 0 Å². The van der Waals surface area contributed by atoms with Gasteiger partial charge in [0.05, 0.1) is 11.7 Å². The number of rotatable bonds is 2. The number of nitrogens with one attached hydrogen (secondary N) is 1. The lowest BCUT2D eigenvalue weighted by Crippen LogP contribution is -2.40. The highest BCUT2D eigenvalue weighted by atomic mass is 15.2. The summed E-state index contributed by atoms with van der Waals surface area (Å²) in [5.41, 5.74) is 1.33. The van der Waals surface area contributed by atoms with Crippen LogP contribution in [0.1, 0.15) is 56.7 Å². The Morgan fingerprint density at radius 1 is 1.12 bits per heavy atom. The summed E-state index contributed by atoms with van der Waals surface area (Å²) in [6.07, 6.45) is 11.6. The van der Waals surface area contributed by atoms with Crippen LogP contribution in [0.15, 0.2) is 12.3 Å². The molecule has 0 spiro atoms. The van der Waals surface area contributed by atoms with Gasteiger partial charge < -0.3 is 0 Å². The topological polar surface area (TPSA) is 31.9 Å². The van der Waals surface area contributed by atoms with E-state index in [9.17, 15) is 0 Å². The Balaban J connectivity index is 1.78. The zero-order valence-corrected chi connectivity index (χ0v) is 9.86. The smallest absolute Gasteiger partial charge is 0.0523 e. The second-order valence-electron chi connectivity index (χ2n) is 5.20. The van der Waals surface area contributed by atoms with E-state index in [2.05, 4.69) is 21.2 Å². The van der Waals surface area contributed by atoms with Gasteiger partial charge in [-0.2, -0.15) is 5.10 Å². The van der Waals surface area contributed by atoms with E-state index in [0.717, 1.165) is 6.04 Å². The molecule has 0 radical (unpaired) electrons. The number of piperidine rings is 1. The molecular formula is C13H21N3. The maximum atomic E-state index is 4.11. The third-order valence-corrected chi connectivity index (χ3v) is 4.22. The van der Waals surface area contributed by atoms with Crippen LogP contribution in [0.4, 0.5) is 0 Å². The van der Waals surface area contributed by atoms with Gasteiger partial charge in [-0.1, -0.05) is 19.3 Å². The summed E-state index contributed by atoms with van der Waals surface area (Å²) in [4.78, 5) is 2.74. The molecule has 0 aromatic carbocycles. The summed E-state index contributed by atoms with van der Waals surface area (Å²) in [6, 6.07) is 3.60. The molecule has 1 saturated carbocycles. The van der Waals surface area contributed by atoms with Crippen molar-refractivity contribution in [2.75, 3.05) is 6.54 Å². The average Bonchev–Trinajstić information content (AvgIpc) is 3.03. The molecular weight excluding hydrogens is 198 g/mol. The van der Waals surface area contributed by atoms with E-state index in [0.29, 0.717) is 6.04 Å². The van der Waals surface area contributed by atoms with Crippen LogP contribution in [-0.2, 0) is 0 Å². The van der Waals surface area contributed by atoms with Crippen molar-refractivity contribution in [1.29, 1.82) is 0 Å². The Bertz CT molecular complexity index is 314. The van der Waals surface area contributed by atoms with E-state index < -0.39 is 0 Å². The lowest BCUT2D eigenvalue weighted by atomic mass is 9.97. The van der Waals surface area contributed by atoms with Crippen molar-refractivity contribution in [1.82, 2.24) is 15.1 Å². The van der Waals surface area contributed by atoms with Gasteiger partial charge in [0.15, 0.2) is 0 Å². The van der Waals surface area contributed by atoms with E-state index in [1.807, 2.05) is 6.20 Å². The molecule has 1 atom stereocenters. The fourth-order valence-electron chi connectivity index (χ4n) is 3.41. The van der Waals surface area contributed by atoms with Crippen molar-refractivity contribution in [3.63, 3.8) is 0 Å². The largest absolute Gasteiger partial charge is 0.292 e. The summed E-state index contributed by atoms with van der Waals surface area (Å²) in [6.45, 7) is 1.29. The van der Waals surface area contributed by atoms with E-state index in [-0.39, 0.29) is 0 Å². The van der Waals surface area contributed by atoms with Crippen molar-refractivity contribution in [2.24, 2.45) is 0 Å². The number of hydrogen-bond acceptors (Lipinski definition) is 2. The first kappa shape index (κ1) is 10.3. The number of aromatic nitrogens is 2. The molecule has 1 N–H and O–H groups in total. The van der Waals surface area contributed by atoms with E-state index in [1.165, 1.54) is 57.2 Å². The van der Waals surface area contributed by atoms with E-state index >= 15 is 0 Å². The van der Waals surface area contributed by atoms with Gasteiger partial charge in [0, 0.05) is 12.2 Å². The maximum Gasteiger partial charge on any atom is 0.0523 e. The van der Waals surface area contributed by atoms with Crippen LogP contribution < -0.4 is 0 Å². The number of likely N-dealkylation sites (tertiary alicyclic amines) is 1. The summed E-state index contributed by atoms with van der Waals surface area (Å²) in [7, 11) is 0. The van der Waals surface area contributed by atoms with Gasteiger partial charge in [0.25, 0.3) is 0 Å². The zero-order valence-electron chi connectivity index (χ0n) is 9.86. The van der Waals surface area contributed by atoms with Crippen molar-refractivity contribution in [3.8, 4) is 0 Å². The third kappa shape index (κ3) is 1.88. The second-order valence-corrected chi connectivity index (χ2v) is 5.20. The summed E-state index contributed by atoms with van der Waals surface area (Å²) in [5.74, 6) is 0. The van der Waals surface area contributed by atoms with E-state index in [1.54, 1.807) is 0 Å². The minimum Gasteiger partial charge on any atom is -0.292 e. The molecule has 0 amide bonds. The number of nitrogens with zero attached hydrogens (tertiary/aromatic N) is 2. The quantitative estimate of drug-likeness (QED) is 0.829. The minimum atomic E-state index is 0.611. The molecule has 2 fully saturated rings. The zero-order chi connectivity index (χ0) is 10.8. The molecule has 2 heterocycles. The second kappa shape index (κ2) is 4.58. The molecule has 1 aromatic rings. The first-order valence-corrected chi connectivity index (χ1v) is 6.70. The standard InChI is InChI=1S/C13H21N3/c1-2-6-11(5-1)16-10-4-3-7-13(16)12-8-9-14-15-12/h8-9,11,13H,1-7,10H2,(H,14,15)/t13-/m1/s1. The summed E-state index contributed by atoms with van der Waals surface area (Å²) in [5, 5.41) is 7.28. The molecule has 1 saturated heterocycles. The lowest BCUT2D eigenvalue weighted by molar-refractivity contribution is 0.0942.